The molecule has 0 spiro atoms. The van der Waals surface area contributed by atoms with Gasteiger partial charge in [0.2, 0.25) is 5.91 Å². The Bertz CT molecular complexity index is 246. The molecule has 4 heteroatoms. The molecule has 0 radical (unpaired) electrons. The highest BCUT2D eigenvalue weighted by atomic mass is 16.5. The number of carbonyl (C=O) groups is 1. The second kappa shape index (κ2) is 7.05. The van der Waals surface area contributed by atoms with E-state index in [2.05, 4.69) is 33.9 Å². The fourth-order valence-corrected chi connectivity index (χ4v) is 2.47. The Morgan fingerprint density at radius 1 is 1.53 bits per heavy atom. The van der Waals surface area contributed by atoms with Gasteiger partial charge >= 0.3 is 0 Å². The molecule has 3 atom stereocenters. The predicted molar refractivity (Wildman–Crippen MR) is 72.7 cm³/mol. The summed E-state index contributed by atoms with van der Waals surface area (Å²) >= 11 is 0. The molecule has 1 rings (SSSR count). The van der Waals surface area contributed by atoms with Crippen molar-refractivity contribution in [3.05, 3.63) is 0 Å². The first-order chi connectivity index (χ1) is 8.02. The predicted octanol–water partition coefficient (Wildman–Crippen LogP) is 1.31. The standard InChI is InChI=1S/C13H26BNO2/c1-4-5-11-10(6-12(14)17-11)7-13(16)15-8-9(2)3/h9-12H,4-8,14H2,1-3H3,(H,15,16)/t10?,11-,12-/m1/s1. The number of amides is 1. The van der Waals surface area contributed by atoms with Gasteiger partial charge in [0, 0.05) is 19.0 Å². The molecule has 17 heavy (non-hydrogen) atoms. The average molecular weight is 239 g/mol. The minimum atomic E-state index is 0.183. The van der Waals surface area contributed by atoms with Gasteiger partial charge in [0.25, 0.3) is 0 Å². The van der Waals surface area contributed by atoms with E-state index in [0.717, 1.165) is 25.8 Å². The molecule has 3 nitrogen and oxygen atoms in total. The van der Waals surface area contributed by atoms with E-state index in [0.29, 0.717) is 30.4 Å². The molecule has 1 saturated heterocycles. The van der Waals surface area contributed by atoms with Gasteiger partial charge in [-0.2, -0.15) is 0 Å². The van der Waals surface area contributed by atoms with Crippen LogP contribution in [0.3, 0.4) is 0 Å². The highest BCUT2D eigenvalue weighted by Crippen LogP contribution is 2.30. The lowest BCUT2D eigenvalue weighted by Gasteiger charge is -2.18. The molecule has 1 aliphatic heterocycles. The summed E-state index contributed by atoms with van der Waals surface area (Å²) in [5.74, 6) is 1.11. The number of hydrogen-bond donors (Lipinski definition) is 1. The third-order valence-corrected chi connectivity index (χ3v) is 3.30. The third-order valence-electron chi connectivity index (χ3n) is 3.30. The normalized spacial score (nSPS) is 28.6. The van der Waals surface area contributed by atoms with Crippen LogP contribution >= 0.6 is 0 Å². The largest absolute Gasteiger partial charge is 0.384 e. The lowest BCUT2D eigenvalue weighted by Crippen LogP contribution is -2.30. The summed E-state index contributed by atoms with van der Waals surface area (Å²) in [5, 5.41) is 2.99. The summed E-state index contributed by atoms with van der Waals surface area (Å²) in [6, 6.07) is 0.314. The van der Waals surface area contributed by atoms with E-state index >= 15 is 0 Å². The molecule has 0 bridgehead atoms. The summed E-state index contributed by atoms with van der Waals surface area (Å²) in [7, 11) is 2.11. The first-order valence-electron chi connectivity index (χ1n) is 6.95. The van der Waals surface area contributed by atoms with Crippen LogP contribution in [0.25, 0.3) is 0 Å². The van der Waals surface area contributed by atoms with Crippen molar-refractivity contribution in [2.75, 3.05) is 6.54 Å². The fraction of sp³-hybridized carbons (Fsp3) is 0.923. The quantitative estimate of drug-likeness (QED) is 0.710. The fourth-order valence-electron chi connectivity index (χ4n) is 2.47. The van der Waals surface area contributed by atoms with Crippen LogP contribution in [-0.2, 0) is 9.53 Å². The molecule has 1 heterocycles. The van der Waals surface area contributed by atoms with Crippen molar-refractivity contribution in [1.29, 1.82) is 0 Å². The highest BCUT2D eigenvalue weighted by molar-refractivity contribution is 6.11. The van der Waals surface area contributed by atoms with E-state index in [-0.39, 0.29) is 5.91 Å². The van der Waals surface area contributed by atoms with Crippen LogP contribution < -0.4 is 5.32 Å². The molecule has 1 N–H and O–H groups in total. The van der Waals surface area contributed by atoms with Crippen molar-refractivity contribution >= 4 is 13.8 Å². The van der Waals surface area contributed by atoms with Crippen LogP contribution in [0.1, 0.15) is 46.5 Å². The Labute approximate surface area is 106 Å². The SMILES string of the molecule is B[C@H]1CC(CC(=O)NCC(C)C)[C@@H](CCC)O1. The van der Waals surface area contributed by atoms with Crippen molar-refractivity contribution in [2.45, 2.75) is 58.6 Å². The number of ether oxygens (including phenoxy) is 1. The zero-order valence-electron chi connectivity index (χ0n) is 11.7. The van der Waals surface area contributed by atoms with Gasteiger partial charge in [-0.15, -0.1) is 0 Å². The van der Waals surface area contributed by atoms with Crippen LogP contribution in [0.2, 0.25) is 0 Å². The molecule has 0 aliphatic carbocycles. The van der Waals surface area contributed by atoms with Crippen molar-refractivity contribution in [1.82, 2.24) is 5.32 Å². The summed E-state index contributed by atoms with van der Waals surface area (Å²) < 4.78 is 5.86. The van der Waals surface area contributed by atoms with Crippen LogP contribution in [0.15, 0.2) is 0 Å². The Kier molecular flexibility index (Phi) is 6.03. The molecule has 98 valence electrons. The summed E-state index contributed by atoms with van der Waals surface area (Å²) in [4.78, 5) is 11.8. The lowest BCUT2D eigenvalue weighted by atomic mass is 9.87. The number of rotatable bonds is 6. The van der Waals surface area contributed by atoms with E-state index in [4.69, 9.17) is 4.74 Å². The van der Waals surface area contributed by atoms with Crippen molar-refractivity contribution < 1.29 is 9.53 Å². The molecule has 0 aromatic carbocycles. The maximum atomic E-state index is 11.8. The minimum Gasteiger partial charge on any atom is -0.384 e. The number of hydrogen-bond acceptors (Lipinski definition) is 2. The Hall–Kier alpha value is -0.505. The number of carbonyl (C=O) groups excluding carboxylic acids is 1. The zero-order chi connectivity index (χ0) is 12.8. The van der Waals surface area contributed by atoms with Crippen molar-refractivity contribution in [3.8, 4) is 0 Å². The maximum Gasteiger partial charge on any atom is 0.220 e. The third kappa shape index (κ3) is 5.11. The molecular formula is C13H26BNO2. The molecule has 0 aromatic heterocycles. The van der Waals surface area contributed by atoms with Gasteiger partial charge < -0.3 is 10.1 Å². The van der Waals surface area contributed by atoms with Gasteiger partial charge in [-0.25, -0.2) is 0 Å². The first kappa shape index (κ1) is 14.6. The number of nitrogens with one attached hydrogen (secondary N) is 1. The van der Waals surface area contributed by atoms with Crippen molar-refractivity contribution in [3.63, 3.8) is 0 Å². The van der Waals surface area contributed by atoms with Crippen LogP contribution in [0.4, 0.5) is 0 Å². The van der Waals surface area contributed by atoms with E-state index in [9.17, 15) is 4.79 Å². The van der Waals surface area contributed by atoms with Gasteiger partial charge in [0.05, 0.1) is 6.10 Å². The Balaban J connectivity index is 2.35. The lowest BCUT2D eigenvalue weighted by molar-refractivity contribution is -0.122. The average Bonchev–Trinajstić information content (AvgIpc) is 2.57. The van der Waals surface area contributed by atoms with E-state index in [1.54, 1.807) is 0 Å². The monoisotopic (exact) mass is 239 g/mol. The Morgan fingerprint density at radius 3 is 2.82 bits per heavy atom. The van der Waals surface area contributed by atoms with E-state index in [1.807, 2.05) is 0 Å². The first-order valence-corrected chi connectivity index (χ1v) is 6.95. The minimum absolute atomic E-state index is 0.183. The molecule has 1 amide bonds. The topological polar surface area (TPSA) is 38.3 Å². The second-order valence-corrected chi connectivity index (χ2v) is 5.67. The van der Waals surface area contributed by atoms with E-state index in [1.165, 1.54) is 0 Å². The maximum absolute atomic E-state index is 11.8. The van der Waals surface area contributed by atoms with Crippen molar-refractivity contribution in [2.24, 2.45) is 11.8 Å². The molecular weight excluding hydrogens is 213 g/mol. The molecule has 1 fully saturated rings. The highest BCUT2D eigenvalue weighted by Gasteiger charge is 2.33. The van der Waals surface area contributed by atoms with Gasteiger partial charge in [-0.1, -0.05) is 27.2 Å². The smallest absolute Gasteiger partial charge is 0.220 e. The zero-order valence-corrected chi connectivity index (χ0v) is 11.7. The Morgan fingerprint density at radius 2 is 2.24 bits per heavy atom. The summed E-state index contributed by atoms with van der Waals surface area (Å²) in [6.07, 6.45) is 4.15. The van der Waals surface area contributed by atoms with Crippen LogP contribution in [-0.4, -0.2) is 32.4 Å². The molecule has 1 unspecified atom stereocenters. The van der Waals surface area contributed by atoms with Crippen LogP contribution in [0, 0.1) is 11.8 Å². The summed E-state index contributed by atoms with van der Waals surface area (Å²) in [5.41, 5.74) is 0. The van der Waals surface area contributed by atoms with Crippen LogP contribution in [0.5, 0.6) is 0 Å². The van der Waals surface area contributed by atoms with Gasteiger partial charge in [-0.3, -0.25) is 4.79 Å². The van der Waals surface area contributed by atoms with Gasteiger partial charge in [-0.05, 0) is 24.7 Å². The van der Waals surface area contributed by atoms with E-state index < -0.39 is 0 Å². The second-order valence-electron chi connectivity index (χ2n) is 5.67. The van der Waals surface area contributed by atoms with Gasteiger partial charge in [0.15, 0.2) is 0 Å². The van der Waals surface area contributed by atoms with Gasteiger partial charge in [0.1, 0.15) is 7.85 Å². The molecule has 1 aliphatic rings. The molecule has 0 aromatic rings. The summed E-state index contributed by atoms with van der Waals surface area (Å²) in [6.45, 7) is 7.17. The molecule has 0 saturated carbocycles.